The second-order valence-electron chi connectivity index (χ2n) is 5.07. The third kappa shape index (κ3) is 3.51. The summed E-state index contributed by atoms with van der Waals surface area (Å²) in [6.07, 6.45) is 8.36. The van der Waals surface area contributed by atoms with Crippen LogP contribution in [-0.2, 0) is 4.79 Å². The van der Waals surface area contributed by atoms with Crippen LogP contribution in [-0.4, -0.2) is 26.5 Å². The fourth-order valence-electron chi connectivity index (χ4n) is 2.71. The van der Waals surface area contributed by atoms with Crippen LogP contribution < -0.4 is 5.32 Å². The van der Waals surface area contributed by atoms with E-state index >= 15 is 0 Å². The molecule has 0 bridgehead atoms. The van der Waals surface area contributed by atoms with Gasteiger partial charge in [-0.15, -0.1) is 5.10 Å². The molecule has 2 rings (SSSR count). The van der Waals surface area contributed by atoms with Crippen LogP contribution >= 0.6 is 0 Å². The number of rotatable bonds is 5. The van der Waals surface area contributed by atoms with Gasteiger partial charge in [0.15, 0.2) is 0 Å². The molecule has 6 nitrogen and oxygen atoms in total. The number of tetrazole rings is 1. The molecule has 0 radical (unpaired) electrons. The van der Waals surface area contributed by atoms with E-state index in [-0.39, 0.29) is 17.8 Å². The minimum Gasteiger partial charge on any atom is -0.292 e. The zero-order valence-electron chi connectivity index (χ0n) is 10.9. The van der Waals surface area contributed by atoms with Gasteiger partial charge in [-0.3, -0.25) is 10.1 Å². The summed E-state index contributed by atoms with van der Waals surface area (Å²) in [5, 5.41) is 15.9. The molecule has 1 amide bonds. The van der Waals surface area contributed by atoms with Gasteiger partial charge in [0.05, 0.1) is 0 Å². The topological polar surface area (TPSA) is 83.6 Å². The lowest BCUT2D eigenvalue weighted by molar-refractivity contribution is -0.120. The van der Waals surface area contributed by atoms with Crippen molar-refractivity contribution >= 4 is 11.9 Å². The fraction of sp³-hybridized carbons (Fsp3) is 0.833. The summed E-state index contributed by atoms with van der Waals surface area (Å²) in [4.78, 5) is 12.1. The molecule has 1 fully saturated rings. The maximum absolute atomic E-state index is 12.1. The van der Waals surface area contributed by atoms with Gasteiger partial charge < -0.3 is 0 Å². The smallest absolute Gasteiger partial charge is 0.269 e. The molecule has 0 spiro atoms. The van der Waals surface area contributed by atoms with Crippen LogP contribution in [0.2, 0.25) is 0 Å². The third-order valence-corrected chi connectivity index (χ3v) is 3.79. The Hall–Kier alpha value is -1.46. The molecule has 1 atom stereocenters. The Morgan fingerprint density at radius 1 is 1.44 bits per heavy atom. The molecule has 1 aliphatic carbocycles. The van der Waals surface area contributed by atoms with Gasteiger partial charge in [0.25, 0.3) is 5.95 Å². The van der Waals surface area contributed by atoms with Crippen molar-refractivity contribution in [1.82, 2.24) is 20.6 Å². The fourth-order valence-corrected chi connectivity index (χ4v) is 2.71. The van der Waals surface area contributed by atoms with E-state index < -0.39 is 0 Å². The highest BCUT2D eigenvalue weighted by atomic mass is 16.2. The SMILES string of the molecule is CC[C@@H](CC1CCCCC1)C(=O)Nc1nn[nH]n1. The summed E-state index contributed by atoms with van der Waals surface area (Å²) in [5.41, 5.74) is 0. The number of aromatic amines is 1. The number of amides is 1. The van der Waals surface area contributed by atoms with Crippen LogP contribution in [0.15, 0.2) is 0 Å². The van der Waals surface area contributed by atoms with Crippen molar-refractivity contribution in [2.75, 3.05) is 5.32 Å². The van der Waals surface area contributed by atoms with Crippen molar-refractivity contribution in [3.63, 3.8) is 0 Å². The Labute approximate surface area is 107 Å². The summed E-state index contributed by atoms with van der Waals surface area (Å²) >= 11 is 0. The van der Waals surface area contributed by atoms with Crippen LogP contribution in [0, 0.1) is 11.8 Å². The number of nitrogens with one attached hydrogen (secondary N) is 2. The van der Waals surface area contributed by atoms with Crippen LogP contribution in [0.3, 0.4) is 0 Å². The molecule has 0 saturated heterocycles. The Morgan fingerprint density at radius 2 is 2.22 bits per heavy atom. The molecule has 1 aliphatic rings. The highest BCUT2D eigenvalue weighted by Crippen LogP contribution is 2.30. The number of carbonyl (C=O) groups excluding carboxylic acids is 1. The number of anilines is 1. The van der Waals surface area contributed by atoms with Crippen molar-refractivity contribution in [2.45, 2.75) is 51.9 Å². The van der Waals surface area contributed by atoms with Gasteiger partial charge in [0.2, 0.25) is 5.91 Å². The lowest BCUT2D eigenvalue weighted by Crippen LogP contribution is -2.25. The van der Waals surface area contributed by atoms with E-state index in [1.54, 1.807) is 0 Å². The van der Waals surface area contributed by atoms with E-state index in [4.69, 9.17) is 0 Å². The second kappa shape index (κ2) is 6.47. The van der Waals surface area contributed by atoms with Crippen LogP contribution in [0.5, 0.6) is 0 Å². The van der Waals surface area contributed by atoms with Gasteiger partial charge in [-0.1, -0.05) is 44.1 Å². The highest BCUT2D eigenvalue weighted by Gasteiger charge is 2.23. The maximum Gasteiger partial charge on any atom is 0.269 e. The van der Waals surface area contributed by atoms with E-state index in [1.807, 2.05) is 0 Å². The van der Waals surface area contributed by atoms with E-state index in [0.717, 1.165) is 12.8 Å². The Kier molecular flexibility index (Phi) is 4.66. The zero-order chi connectivity index (χ0) is 12.8. The molecule has 6 heteroatoms. The van der Waals surface area contributed by atoms with Gasteiger partial charge in [-0.25, -0.2) is 0 Å². The molecule has 1 aromatic rings. The normalized spacial score (nSPS) is 18.5. The molecule has 0 aliphatic heterocycles. The Balaban J connectivity index is 1.85. The summed E-state index contributed by atoms with van der Waals surface area (Å²) in [7, 11) is 0. The predicted molar refractivity (Wildman–Crippen MR) is 67.8 cm³/mol. The number of nitrogens with zero attached hydrogens (tertiary/aromatic N) is 3. The zero-order valence-corrected chi connectivity index (χ0v) is 10.9. The van der Waals surface area contributed by atoms with Crippen LogP contribution in [0.1, 0.15) is 51.9 Å². The van der Waals surface area contributed by atoms with Gasteiger partial charge in [-0.05, 0) is 24.0 Å². The molecular weight excluding hydrogens is 230 g/mol. The van der Waals surface area contributed by atoms with Gasteiger partial charge >= 0.3 is 0 Å². The Bertz CT molecular complexity index is 359. The lowest BCUT2D eigenvalue weighted by Gasteiger charge is -2.25. The minimum atomic E-state index is 0.0180. The first-order chi connectivity index (χ1) is 8.79. The van der Waals surface area contributed by atoms with E-state index in [0.29, 0.717) is 5.92 Å². The number of H-pyrrole nitrogens is 1. The summed E-state index contributed by atoms with van der Waals surface area (Å²) in [6, 6.07) is 0. The Morgan fingerprint density at radius 3 is 2.83 bits per heavy atom. The summed E-state index contributed by atoms with van der Waals surface area (Å²) in [6.45, 7) is 2.06. The van der Waals surface area contributed by atoms with Crippen molar-refractivity contribution in [1.29, 1.82) is 0 Å². The van der Waals surface area contributed by atoms with Crippen LogP contribution in [0.25, 0.3) is 0 Å². The molecule has 1 aromatic heterocycles. The first-order valence-corrected chi connectivity index (χ1v) is 6.84. The first kappa shape index (κ1) is 13.0. The quantitative estimate of drug-likeness (QED) is 0.839. The van der Waals surface area contributed by atoms with E-state index in [9.17, 15) is 4.79 Å². The van der Waals surface area contributed by atoms with Gasteiger partial charge in [0, 0.05) is 5.92 Å². The number of carbonyl (C=O) groups is 1. The van der Waals surface area contributed by atoms with Crippen molar-refractivity contribution in [3.8, 4) is 0 Å². The summed E-state index contributed by atoms with van der Waals surface area (Å²) < 4.78 is 0. The highest BCUT2D eigenvalue weighted by molar-refractivity contribution is 5.90. The largest absolute Gasteiger partial charge is 0.292 e. The molecular formula is C12H21N5O. The number of hydrogen-bond acceptors (Lipinski definition) is 4. The summed E-state index contributed by atoms with van der Waals surface area (Å²) in [5.74, 6) is 1.05. The van der Waals surface area contributed by atoms with Gasteiger partial charge in [0.1, 0.15) is 0 Å². The monoisotopic (exact) mass is 251 g/mol. The standard InChI is InChI=1S/C12H21N5O/c1-2-10(8-9-6-4-3-5-7-9)11(18)13-12-14-16-17-15-12/h9-10H,2-8H2,1H3,(H2,13,14,15,16,17,18)/t10-/m0/s1. The van der Waals surface area contributed by atoms with Crippen molar-refractivity contribution in [2.24, 2.45) is 11.8 Å². The average Bonchev–Trinajstić information content (AvgIpc) is 2.90. The number of aromatic nitrogens is 4. The van der Waals surface area contributed by atoms with Crippen LogP contribution in [0.4, 0.5) is 5.95 Å². The third-order valence-electron chi connectivity index (χ3n) is 3.79. The maximum atomic E-state index is 12.1. The number of hydrogen-bond donors (Lipinski definition) is 2. The molecule has 0 aromatic carbocycles. The van der Waals surface area contributed by atoms with Gasteiger partial charge in [-0.2, -0.15) is 5.21 Å². The molecule has 18 heavy (non-hydrogen) atoms. The predicted octanol–water partition coefficient (Wildman–Crippen LogP) is 2.13. The minimum absolute atomic E-state index is 0.0180. The van der Waals surface area contributed by atoms with E-state index in [1.165, 1.54) is 32.1 Å². The van der Waals surface area contributed by atoms with E-state index in [2.05, 4.69) is 32.9 Å². The molecule has 1 saturated carbocycles. The molecule has 100 valence electrons. The molecule has 0 unspecified atom stereocenters. The lowest BCUT2D eigenvalue weighted by atomic mass is 9.82. The van der Waals surface area contributed by atoms with Crippen molar-refractivity contribution < 1.29 is 4.79 Å². The average molecular weight is 251 g/mol. The van der Waals surface area contributed by atoms with Crippen molar-refractivity contribution in [3.05, 3.63) is 0 Å². The molecule has 1 heterocycles. The second-order valence-corrected chi connectivity index (χ2v) is 5.07. The molecule has 2 N–H and O–H groups in total. The first-order valence-electron chi connectivity index (χ1n) is 6.84.